The summed E-state index contributed by atoms with van der Waals surface area (Å²) in [6, 6.07) is 7.74. The predicted molar refractivity (Wildman–Crippen MR) is 70.5 cm³/mol. The maximum Gasteiger partial charge on any atom is 0.329 e. The van der Waals surface area contributed by atoms with E-state index in [1.165, 1.54) is 5.56 Å². The largest absolute Gasteiger partial charge is 0.480 e. The zero-order valence-electron chi connectivity index (χ0n) is 11.1. The number of aliphatic carboxylic acids is 1. The zero-order valence-corrected chi connectivity index (χ0v) is 11.1. The second kappa shape index (κ2) is 5.98. The first-order valence-corrected chi connectivity index (χ1v) is 5.96. The molecule has 0 amide bonds. The van der Waals surface area contributed by atoms with Gasteiger partial charge in [0, 0.05) is 0 Å². The number of carbonyl (C=O) groups is 1. The molecule has 18 heavy (non-hydrogen) atoms. The van der Waals surface area contributed by atoms with Crippen LogP contribution >= 0.6 is 0 Å². The maximum atomic E-state index is 10.3. The molecule has 0 aliphatic rings. The van der Waals surface area contributed by atoms with E-state index < -0.39 is 5.97 Å². The molecule has 0 fully saturated rings. The molecule has 0 heterocycles. The summed E-state index contributed by atoms with van der Waals surface area (Å²) in [6.45, 7) is 6.35. The van der Waals surface area contributed by atoms with Crippen molar-refractivity contribution in [1.29, 1.82) is 0 Å². The summed E-state index contributed by atoms with van der Waals surface area (Å²) in [4.78, 5) is 10.3. The highest BCUT2D eigenvalue weighted by Crippen LogP contribution is 2.23. The van der Waals surface area contributed by atoms with Gasteiger partial charge in [0.2, 0.25) is 0 Å². The van der Waals surface area contributed by atoms with Crippen LogP contribution in [0.15, 0.2) is 24.3 Å². The van der Waals surface area contributed by atoms with E-state index in [0.29, 0.717) is 0 Å². The highest BCUT2D eigenvalue weighted by molar-refractivity contribution is 5.67. The SMILES string of the molecule is CC(C)(C)c1ccc(C(N)COCC(=O)O)cc1. The molecule has 100 valence electrons. The molecule has 1 aromatic rings. The van der Waals surface area contributed by atoms with Gasteiger partial charge in [-0.15, -0.1) is 0 Å². The van der Waals surface area contributed by atoms with Crippen molar-refractivity contribution in [3.05, 3.63) is 35.4 Å². The fourth-order valence-electron chi connectivity index (χ4n) is 1.60. The van der Waals surface area contributed by atoms with Crippen LogP contribution in [0.5, 0.6) is 0 Å². The summed E-state index contributed by atoms with van der Waals surface area (Å²) in [7, 11) is 0. The molecule has 0 spiro atoms. The van der Waals surface area contributed by atoms with Crippen molar-refractivity contribution in [1.82, 2.24) is 0 Å². The van der Waals surface area contributed by atoms with Crippen LogP contribution in [0.1, 0.15) is 37.9 Å². The third-order valence-corrected chi connectivity index (χ3v) is 2.73. The Morgan fingerprint density at radius 3 is 2.33 bits per heavy atom. The molecule has 0 aromatic heterocycles. The van der Waals surface area contributed by atoms with Crippen molar-refractivity contribution in [2.24, 2.45) is 5.73 Å². The summed E-state index contributed by atoms with van der Waals surface area (Å²) in [5.41, 5.74) is 8.23. The number of nitrogens with two attached hydrogens (primary N) is 1. The molecule has 0 aliphatic heterocycles. The Hall–Kier alpha value is -1.39. The molecule has 0 saturated heterocycles. The molecule has 1 atom stereocenters. The van der Waals surface area contributed by atoms with Gasteiger partial charge in [-0.3, -0.25) is 0 Å². The van der Waals surface area contributed by atoms with Crippen molar-refractivity contribution in [3.8, 4) is 0 Å². The lowest BCUT2D eigenvalue weighted by Crippen LogP contribution is -2.20. The third-order valence-electron chi connectivity index (χ3n) is 2.73. The van der Waals surface area contributed by atoms with Crippen molar-refractivity contribution in [3.63, 3.8) is 0 Å². The van der Waals surface area contributed by atoms with Crippen molar-refractivity contribution >= 4 is 5.97 Å². The summed E-state index contributed by atoms with van der Waals surface area (Å²) < 4.78 is 4.98. The highest BCUT2D eigenvalue weighted by Gasteiger charge is 2.14. The summed E-state index contributed by atoms with van der Waals surface area (Å²) >= 11 is 0. The number of benzene rings is 1. The van der Waals surface area contributed by atoms with Gasteiger partial charge in [0.05, 0.1) is 12.6 Å². The van der Waals surface area contributed by atoms with Crippen molar-refractivity contribution in [2.75, 3.05) is 13.2 Å². The molecule has 0 radical (unpaired) electrons. The van der Waals surface area contributed by atoms with Gasteiger partial charge in [-0.05, 0) is 16.5 Å². The van der Waals surface area contributed by atoms with Crippen molar-refractivity contribution in [2.45, 2.75) is 32.2 Å². The van der Waals surface area contributed by atoms with E-state index in [4.69, 9.17) is 15.6 Å². The van der Waals surface area contributed by atoms with Crippen LogP contribution < -0.4 is 5.73 Å². The predicted octanol–water partition coefficient (Wildman–Crippen LogP) is 2.09. The number of hydrogen-bond acceptors (Lipinski definition) is 3. The molecule has 0 bridgehead atoms. The van der Waals surface area contributed by atoms with Gasteiger partial charge in [0.15, 0.2) is 0 Å². The average molecular weight is 251 g/mol. The minimum atomic E-state index is -0.981. The molecule has 1 unspecified atom stereocenters. The molecule has 0 saturated carbocycles. The summed E-state index contributed by atoms with van der Waals surface area (Å²) in [5.74, 6) is -0.981. The van der Waals surface area contributed by atoms with Crippen molar-refractivity contribution < 1.29 is 14.6 Å². The Labute approximate surface area is 108 Å². The van der Waals surface area contributed by atoms with E-state index >= 15 is 0 Å². The van der Waals surface area contributed by atoms with Gasteiger partial charge in [0.25, 0.3) is 0 Å². The minimum Gasteiger partial charge on any atom is -0.480 e. The Kier molecular flexibility index (Phi) is 4.87. The van der Waals surface area contributed by atoms with Crippen LogP contribution in [0.25, 0.3) is 0 Å². The van der Waals surface area contributed by atoms with Gasteiger partial charge in [-0.25, -0.2) is 4.79 Å². The molecular weight excluding hydrogens is 230 g/mol. The van der Waals surface area contributed by atoms with Crippen LogP contribution in [-0.4, -0.2) is 24.3 Å². The fraction of sp³-hybridized carbons (Fsp3) is 0.500. The number of carboxylic acid groups (broad SMARTS) is 1. The summed E-state index contributed by atoms with van der Waals surface area (Å²) in [5, 5.41) is 8.46. The Morgan fingerprint density at radius 2 is 1.89 bits per heavy atom. The number of ether oxygens (including phenoxy) is 1. The lowest BCUT2D eigenvalue weighted by atomic mass is 9.86. The van der Waals surface area contributed by atoms with E-state index in [0.717, 1.165) is 5.56 Å². The van der Waals surface area contributed by atoms with Gasteiger partial charge < -0.3 is 15.6 Å². The molecule has 4 heteroatoms. The van der Waals surface area contributed by atoms with Crippen LogP contribution in [0.3, 0.4) is 0 Å². The normalized spacial score (nSPS) is 13.3. The molecule has 4 nitrogen and oxygen atoms in total. The number of hydrogen-bond donors (Lipinski definition) is 2. The van der Waals surface area contributed by atoms with E-state index in [2.05, 4.69) is 20.8 Å². The standard InChI is InChI=1S/C14H21NO3/c1-14(2,3)11-6-4-10(5-7-11)12(15)8-18-9-13(16)17/h4-7,12H,8-9,15H2,1-3H3,(H,16,17). The first-order chi connectivity index (χ1) is 8.30. The molecule has 1 aromatic carbocycles. The van der Waals surface area contributed by atoms with Gasteiger partial charge in [0.1, 0.15) is 6.61 Å². The monoisotopic (exact) mass is 251 g/mol. The Morgan fingerprint density at radius 1 is 1.33 bits per heavy atom. The number of rotatable bonds is 5. The molecular formula is C14H21NO3. The van der Waals surface area contributed by atoms with E-state index in [-0.39, 0.29) is 24.7 Å². The van der Waals surface area contributed by atoms with Crippen LogP contribution in [0, 0.1) is 0 Å². The van der Waals surface area contributed by atoms with Crippen LogP contribution in [0.2, 0.25) is 0 Å². The van der Waals surface area contributed by atoms with Gasteiger partial charge >= 0.3 is 5.97 Å². The second-order valence-corrected chi connectivity index (χ2v) is 5.39. The molecule has 1 rings (SSSR count). The molecule has 3 N–H and O–H groups in total. The van der Waals surface area contributed by atoms with E-state index in [1.54, 1.807) is 0 Å². The Balaban J connectivity index is 2.59. The highest BCUT2D eigenvalue weighted by atomic mass is 16.5. The topological polar surface area (TPSA) is 72.5 Å². The average Bonchev–Trinajstić information content (AvgIpc) is 2.27. The quantitative estimate of drug-likeness (QED) is 0.840. The third kappa shape index (κ3) is 4.47. The first kappa shape index (κ1) is 14.7. The Bertz CT molecular complexity index is 392. The fourth-order valence-corrected chi connectivity index (χ4v) is 1.60. The van der Waals surface area contributed by atoms with Gasteiger partial charge in [-0.2, -0.15) is 0 Å². The van der Waals surface area contributed by atoms with E-state index in [9.17, 15) is 4.79 Å². The number of carboxylic acids is 1. The molecule has 0 aliphatic carbocycles. The van der Waals surface area contributed by atoms with Crippen LogP contribution in [0.4, 0.5) is 0 Å². The van der Waals surface area contributed by atoms with Gasteiger partial charge in [-0.1, -0.05) is 45.0 Å². The van der Waals surface area contributed by atoms with Crippen LogP contribution in [-0.2, 0) is 14.9 Å². The maximum absolute atomic E-state index is 10.3. The first-order valence-electron chi connectivity index (χ1n) is 5.96. The zero-order chi connectivity index (χ0) is 13.8. The second-order valence-electron chi connectivity index (χ2n) is 5.39. The smallest absolute Gasteiger partial charge is 0.329 e. The lowest BCUT2D eigenvalue weighted by Gasteiger charge is -2.20. The van der Waals surface area contributed by atoms with E-state index in [1.807, 2.05) is 24.3 Å². The lowest BCUT2D eigenvalue weighted by molar-refractivity contribution is -0.142. The summed E-state index contributed by atoms with van der Waals surface area (Å²) in [6.07, 6.45) is 0. The minimum absolute atomic E-state index is 0.114.